The van der Waals surface area contributed by atoms with Crippen molar-refractivity contribution in [2.24, 2.45) is 5.92 Å². The summed E-state index contributed by atoms with van der Waals surface area (Å²) >= 11 is 0. The minimum Gasteiger partial charge on any atom is -0.481 e. The van der Waals surface area contributed by atoms with Crippen LogP contribution in [-0.2, 0) is 15.8 Å². The number of hydrogen-bond donors (Lipinski definition) is 2. The van der Waals surface area contributed by atoms with E-state index in [0.29, 0.717) is 54.7 Å². The van der Waals surface area contributed by atoms with Gasteiger partial charge in [0.15, 0.2) is 0 Å². The average molecular weight is 768 g/mol. The van der Waals surface area contributed by atoms with Crippen LogP contribution in [0, 0.1) is 50.2 Å². The molecule has 2 atom stereocenters. The Labute approximate surface area is 319 Å². The summed E-state index contributed by atoms with van der Waals surface area (Å²) in [4.78, 5) is 42.5. The van der Waals surface area contributed by atoms with Crippen LogP contribution >= 0.6 is 0 Å². The normalized spacial score (nSPS) is 16.9. The van der Waals surface area contributed by atoms with Gasteiger partial charge in [-0.15, -0.1) is 5.92 Å². The molecule has 12 heteroatoms. The van der Waals surface area contributed by atoms with E-state index in [4.69, 9.17) is 0 Å². The zero-order chi connectivity index (χ0) is 40.4. The maximum atomic E-state index is 16.8. The fraction of sp³-hybridized carbons (Fsp3) is 0.512. The number of carbonyl (C=O) groups excluding carboxylic acids is 1. The zero-order valence-corrected chi connectivity index (χ0v) is 32.3. The number of piperidine rings is 1. The smallest absolute Gasteiger partial charge is 0.416 e. The number of halogens is 5. The summed E-state index contributed by atoms with van der Waals surface area (Å²) < 4.78 is 77.6. The van der Waals surface area contributed by atoms with E-state index in [9.17, 15) is 32.7 Å². The van der Waals surface area contributed by atoms with Crippen molar-refractivity contribution in [2.75, 3.05) is 13.1 Å². The lowest BCUT2D eigenvalue weighted by atomic mass is 9.86. The van der Waals surface area contributed by atoms with Crippen LogP contribution in [-0.4, -0.2) is 45.6 Å². The molecular weight excluding hydrogens is 717 g/mol. The Morgan fingerprint density at radius 3 is 2.13 bits per heavy atom. The number of benzene rings is 2. The summed E-state index contributed by atoms with van der Waals surface area (Å²) in [5, 5.41) is 12.5. The maximum Gasteiger partial charge on any atom is 0.416 e. The third-order valence-corrected chi connectivity index (χ3v) is 11.0. The molecule has 2 aromatic carbocycles. The minimum atomic E-state index is -4.83. The molecule has 0 spiro atoms. The van der Waals surface area contributed by atoms with Crippen molar-refractivity contribution in [1.82, 2.24) is 14.8 Å². The van der Waals surface area contributed by atoms with E-state index in [0.717, 1.165) is 42.0 Å². The highest BCUT2D eigenvalue weighted by Gasteiger charge is 2.39. The van der Waals surface area contributed by atoms with Crippen molar-refractivity contribution in [3.8, 4) is 23.0 Å². The first kappa shape index (κ1) is 41.7. The number of aromatic nitrogens is 1. The molecule has 2 heterocycles. The predicted octanol–water partition coefficient (Wildman–Crippen LogP) is 9.15. The molecule has 0 radical (unpaired) electrons. The molecular formula is C43H50F5N3O4. The predicted molar refractivity (Wildman–Crippen MR) is 202 cm³/mol. The van der Waals surface area contributed by atoms with Gasteiger partial charge in [0.1, 0.15) is 17.7 Å². The number of rotatable bonds is 11. The third-order valence-electron chi connectivity index (χ3n) is 11.0. The third kappa shape index (κ3) is 9.31. The highest BCUT2D eigenvalue weighted by molar-refractivity contribution is 5.82. The van der Waals surface area contributed by atoms with Gasteiger partial charge >= 0.3 is 12.1 Å². The van der Waals surface area contributed by atoms with E-state index in [1.54, 1.807) is 27.7 Å². The quantitative estimate of drug-likeness (QED) is 0.150. The van der Waals surface area contributed by atoms with Crippen molar-refractivity contribution in [3.63, 3.8) is 0 Å². The monoisotopic (exact) mass is 767 g/mol. The lowest BCUT2D eigenvalue weighted by molar-refractivity contribution is -0.139. The maximum absolute atomic E-state index is 16.8. The van der Waals surface area contributed by atoms with E-state index >= 15 is 8.78 Å². The van der Waals surface area contributed by atoms with Crippen molar-refractivity contribution < 1.29 is 36.6 Å². The summed E-state index contributed by atoms with van der Waals surface area (Å²) in [5.74, 6) is -0.229. The van der Waals surface area contributed by atoms with Crippen LogP contribution in [0.15, 0.2) is 35.3 Å². The van der Waals surface area contributed by atoms with Crippen molar-refractivity contribution in [2.45, 2.75) is 123 Å². The second kappa shape index (κ2) is 17.1. The number of nitrogens with one attached hydrogen (secondary N) is 1. The Kier molecular flexibility index (Phi) is 13.0. The zero-order valence-electron chi connectivity index (χ0n) is 32.3. The molecule has 1 aliphatic carbocycles. The van der Waals surface area contributed by atoms with Crippen LogP contribution in [0.4, 0.5) is 22.0 Å². The van der Waals surface area contributed by atoms with Crippen LogP contribution in [0.2, 0.25) is 0 Å². The number of nitrogens with zero attached hydrogens (tertiary/aromatic N) is 2. The largest absolute Gasteiger partial charge is 0.481 e. The molecule has 2 N–H and O–H groups in total. The van der Waals surface area contributed by atoms with Crippen LogP contribution in [0.25, 0.3) is 11.1 Å². The van der Waals surface area contributed by atoms with Gasteiger partial charge < -0.3 is 19.9 Å². The molecule has 7 nitrogen and oxygen atoms in total. The number of aliphatic carboxylic acids is 1. The van der Waals surface area contributed by atoms with Crippen LogP contribution in [0.5, 0.6) is 0 Å². The molecule has 2 aliphatic rings. The lowest BCUT2D eigenvalue weighted by Gasteiger charge is -2.37. The van der Waals surface area contributed by atoms with Gasteiger partial charge in [0, 0.05) is 29.4 Å². The van der Waals surface area contributed by atoms with Crippen LogP contribution in [0.3, 0.4) is 0 Å². The van der Waals surface area contributed by atoms with E-state index in [2.05, 4.69) is 22.1 Å². The molecule has 2 unspecified atom stereocenters. The van der Waals surface area contributed by atoms with E-state index in [1.807, 2.05) is 19.1 Å². The highest BCUT2D eigenvalue weighted by atomic mass is 19.4. The second-order valence-electron chi connectivity index (χ2n) is 15.6. The summed E-state index contributed by atoms with van der Waals surface area (Å²) in [7, 11) is 0. The molecule has 1 saturated heterocycles. The molecule has 1 saturated carbocycles. The molecule has 2 fully saturated rings. The van der Waals surface area contributed by atoms with Gasteiger partial charge in [0.2, 0.25) is 5.91 Å². The first-order chi connectivity index (χ1) is 25.9. The SMILES string of the molecule is CC#Cc1cc(-c2c(C)cc(C)cc2C)c(F)c(C(CC(=O)O)NC(=O)C(CC(C)C)n2cc(C3CCN(C4CCCC4)CC3)c(C(F)(F)F)cc2=O)c1F. The Morgan fingerprint density at radius 1 is 0.964 bits per heavy atom. The number of amides is 1. The van der Waals surface area contributed by atoms with Gasteiger partial charge in [-0.05, 0) is 113 Å². The number of alkyl halides is 3. The van der Waals surface area contributed by atoms with Gasteiger partial charge in [0.05, 0.1) is 23.6 Å². The minimum absolute atomic E-state index is 0.0320. The molecule has 1 aromatic heterocycles. The molecule has 0 bridgehead atoms. The molecule has 1 aliphatic heterocycles. The second-order valence-corrected chi connectivity index (χ2v) is 15.6. The highest BCUT2D eigenvalue weighted by Crippen LogP contribution is 2.41. The number of carbonyl (C=O) groups is 2. The Morgan fingerprint density at radius 2 is 1.58 bits per heavy atom. The molecule has 3 aromatic rings. The van der Waals surface area contributed by atoms with Gasteiger partial charge in [-0.3, -0.25) is 14.4 Å². The first-order valence-corrected chi connectivity index (χ1v) is 19.0. The van der Waals surface area contributed by atoms with E-state index < -0.39 is 70.8 Å². The number of carboxylic acids is 1. The van der Waals surface area contributed by atoms with E-state index in [-0.39, 0.29) is 29.0 Å². The van der Waals surface area contributed by atoms with Gasteiger partial charge in [0.25, 0.3) is 5.56 Å². The summed E-state index contributed by atoms with van der Waals surface area (Å²) in [6.07, 6.45) is 0.602. The van der Waals surface area contributed by atoms with Crippen molar-refractivity contribution in [1.29, 1.82) is 0 Å². The topological polar surface area (TPSA) is 91.6 Å². The number of aryl methyl sites for hydroxylation is 3. The van der Waals surface area contributed by atoms with Gasteiger partial charge in [-0.2, -0.15) is 13.2 Å². The summed E-state index contributed by atoms with van der Waals surface area (Å²) in [6.45, 7) is 11.6. The standard InChI is InChI=1S/C43H50F5N3O4/c1-7-10-29-20-31(38-26(5)18-25(4)19-27(38)6)41(45)39(40(29)44)34(22-37(53)54)49-42(55)35(17-24(2)3)51-23-32(33(21-36(51)52)43(46,47)48)28-13-15-50(16-14-28)30-11-8-9-12-30/h18-21,23-24,28,30,34-35H,8-9,11-17,22H2,1-6H3,(H,49,55)(H,53,54). The van der Waals surface area contributed by atoms with Crippen LogP contribution in [0.1, 0.15) is 129 Å². The molecule has 1 amide bonds. The van der Waals surface area contributed by atoms with Gasteiger partial charge in [-0.1, -0.05) is 50.3 Å². The summed E-state index contributed by atoms with van der Waals surface area (Å²) in [6, 6.07) is 2.68. The molecule has 296 valence electrons. The van der Waals surface area contributed by atoms with Crippen molar-refractivity contribution in [3.05, 3.63) is 91.4 Å². The number of carboxylic acid groups (broad SMARTS) is 1. The number of likely N-dealkylation sites (tertiary alicyclic amines) is 1. The van der Waals surface area contributed by atoms with Crippen LogP contribution < -0.4 is 10.9 Å². The first-order valence-electron chi connectivity index (χ1n) is 19.0. The fourth-order valence-electron chi connectivity index (χ4n) is 8.66. The average Bonchev–Trinajstić information content (AvgIpc) is 3.63. The fourth-order valence-corrected chi connectivity index (χ4v) is 8.66. The molecule has 5 rings (SSSR count). The molecule has 55 heavy (non-hydrogen) atoms. The van der Waals surface area contributed by atoms with Crippen molar-refractivity contribution >= 4 is 11.9 Å². The van der Waals surface area contributed by atoms with Gasteiger partial charge in [-0.25, -0.2) is 8.78 Å². The Bertz CT molecular complexity index is 2020. The lowest BCUT2D eigenvalue weighted by Crippen LogP contribution is -2.42. The van der Waals surface area contributed by atoms with E-state index in [1.165, 1.54) is 13.0 Å². The Hall–Kier alpha value is -4.50. The Balaban J connectivity index is 1.59. The number of hydrogen-bond acceptors (Lipinski definition) is 4. The summed E-state index contributed by atoms with van der Waals surface area (Å²) in [5.41, 5.74) is -0.426. The number of pyridine rings is 1.